The molecule has 9 nitrogen and oxygen atoms in total. The number of hydrazone groups is 1. The molecule has 0 aliphatic carbocycles. The number of rotatable bonds is 5. The lowest BCUT2D eigenvalue weighted by Gasteiger charge is -2.27. The van der Waals surface area contributed by atoms with E-state index in [2.05, 4.69) is 10.4 Å². The quantitative estimate of drug-likeness (QED) is 0.703. The summed E-state index contributed by atoms with van der Waals surface area (Å²) < 4.78 is 41.2. The van der Waals surface area contributed by atoms with Gasteiger partial charge >= 0.3 is 5.97 Å². The lowest BCUT2D eigenvalue weighted by Crippen LogP contribution is -2.42. The number of carbonyl (C=O) groups is 3. The minimum absolute atomic E-state index is 0.0000302. The summed E-state index contributed by atoms with van der Waals surface area (Å²) in [4.78, 5) is 36.0. The predicted molar refractivity (Wildman–Crippen MR) is 96.6 cm³/mol. The first kappa shape index (κ1) is 19.9. The van der Waals surface area contributed by atoms with Gasteiger partial charge in [0, 0.05) is 18.5 Å². The van der Waals surface area contributed by atoms with Crippen molar-refractivity contribution < 1.29 is 31.9 Å². The van der Waals surface area contributed by atoms with E-state index >= 15 is 0 Å². The van der Waals surface area contributed by atoms with Gasteiger partial charge in [-0.05, 0) is 24.6 Å². The van der Waals surface area contributed by atoms with Gasteiger partial charge in [0.05, 0.1) is 17.5 Å². The van der Waals surface area contributed by atoms with Crippen LogP contribution in [0.5, 0.6) is 0 Å². The van der Waals surface area contributed by atoms with E-state index in [4.69, 9.17) is 4.74 Å². The molecule has 0 spiro atoms. The Labute approximate surface area is 160 Å². The molecule has 2 heterocycles. The maximum absolute atomic E-state index is 13.1. The number of anilines is 1. The van der Waals surface area contributed by atoms with E-state index in [1.165, 1.54) is 18.2 Å². The molecule has 0 saturated carbocycles. The number of sulfone groups is 1. The zero-order valence-electron chi connectivity index (χ0n) is 14.8. The number of carbonyl (C=O) groups excluding carboxylic acids is 3. The molecule has 0 radical (unpaired) electrons. The topological polar surface area (TPSA) is 122 Å². The second-order valence-electron chi connectivity index (χ2n) is 6.48. The number of hydrogen-bond donors (Lipinski definition) is 1. The third-order valence-corrected chi connectivity index (χ3v) is 6.04. The number of amides is 2. The molecule has 0 bridgehead atoms. The van der Waals surface area contributed by atoms with Crippen LogP contribution in [0.25, 0.3) is 0 Å². The zero-order chi connectivity index (χ0) is 20.3. The fourth-order valence-corrected chi connectivity index (χ4v) is 4.64. The molecule has 1 fully saturated rings. The third kappa shape index (κ3) is 4.91. The van der Waals surface area contributed by atoms with Crippen molar-refractivity contribution in [1.29, 1.82) is 0 Å². The van der Waals surface area contributed by atoms with Crippen LogP contribution in [-0.2, 0) is 29.0 Å². The summed E-state index contributed by atoms with van der Waals surface area (Å²) in [5.41, 5.74) is 0.165. The Morgan fingerprint density at radius 1 is 1.32 bits per heavy atom. The highest BCUT2D eigenvalue weighted by molar-refractivity contribution is 7.91. The Kier molecular flexibility index (Phi) is 5.73. The maximum atomic E-state index is 13.1. The number of halogens is 1. The highest BCUT2D eigenvalue weighted by Crippen LogP contribution is 2.22. The van der Waals surface area contributed by atoms with Gasteiger partial charge in [0.1, 0.15) is 11.5 Å². The van der Waals surface area contributed by atoms with Crippen molar-refractivity contribution in [1.82, 2.24) is 5.01 Å². The molecule has 2 aliphatic heterocycles. The number of nitrogens with one attached hydrogen (secondary N) is 1. The van der Waals surface area contributed by atoms with Crippen LogP contribution in [0.4, 0.5) is 10.1 Å². The predicted octanol–water partition coefficient (Wildman–Crippen LogP) is 0.473. The van der Waals surface area contributed by atoms with Gasteiger partial charge in [0.2, 0.25) is 5.91 Å². The van der Waals surface area contributed by atoms with Crippen LogP contribution in [0.3, 0.4) is 0 Å². The Balaban J connectivity index is 1.58. The molecule has 150 valence electrons. The first-order valence-corrected chi connectivity index (χ1v) is 10.4. The average molecular weight is 411 g/mol. The van der Waals surface area contributed by atoms with E-state index in [1.54, 1.807) is 0 Å². The molecule has 1 N–H and O–H groups in total. The SMILES string of the molecule is O=C(COC(=O)C1=NN([C@H]2CCS(=O)(=O)C2)C(=O)CC1)Nc1cccc(F)c1. The largest absolute Gasteiger partial charge is 0.451 e. The van der Waals surface area contributed by atoms with Crippen molar-refractivity contribution in [2.75, 3.05) is 23.4 Å². The fraction of sp³-hybridized carbons (Fsp3) is 0.412. The fourth-order valence-electron chi connectivity index (χ4n) is 2.95. The number of hydrogen-bond acceptors (Lipinski definition) is 7. The van der Waals surface area contributed by atoms with Crippen molar-refractivity contribution >= 4 is 39.0 Å². The van der Waals surface area contributed by atoms with E-state index in [1.807, 2.05) is 0 Å². The molecule has 1 aromatic carbocycles. The Morgan fingerprint density at radius 2 is 2.11 bits per heavy atom. The lowest BCUT2D eigenvalue weighted by atomic mass is 10.1. The summed E-state index contributed by atoms with van der Waals surface area (Å²) >= 11 is 0. The lowest BCUT2D eigenvalue weighted by molar-refractivity contribution is -0.141. The second-order valence-corrected chi connectivity index (χ2v) is 8.71. The normalized spacial score (nSPS) is 21.2. The number of benzene rings is 1. The monoisotopic (exact) mass is 411 g/mol. The van der Waals surface area contributed by atoms with Gasteiger partial charge < -0.3 is 10.1 Å². The number of esters is 1. The summed E-state index contributed by atoms with van der Waals surface area (Å²) in [7, 11) is -3.22. The van der Waals surface area contributed by atoms with Gasteiger partial charge in [0.15, 0.2) is 16.4 Å². The summed E-state index contributed by atoms with van der Waals surface area (Å²) in [6.45, 7) is -0.611. The highest BCUT2D eigenvalue weighted by Gasteiger charge is 2.37. The maximum Gasteiger partial charge on any atom is 0.355 e. The summed E-state index contributed by atoms with van der Waals surface area (Å²) in [5.74, 6) is -2.64. The molecule has 1 saturated heterocycles. The van der Waals surface area contributed by atoms with Crippen molar-refractivity contribution in [3.05, 3.63) is 30.1 Å². The molecule has 0 unspecified atom stereocenters. The average Bonchev–Trinajstić information content (AvgIpc) is 3.00. The molecule has 3 rings (SSSR count). The van der Waals surface area contributed by atoms with Crippen LogP contribution in [0, 0.1) is 5.82 Å². The van der Waals surface area contributed by atoms with Crippen molar-refractivity contribution in [3.63, 3.8) is 0 Å². The van der Waals surface area contributed by atoms with Crippen LogP contribution < -0.4 is 5.32 Å². The molecular formula is C17H18FN3O6S. The molecule has 11 heteroatoms. The van der Waals surface area contributed by atoms with Crippen molar-refractivity contribution in [2.45, 2.75) is 25.3 Å². The first-order valence-electron chi connectivity index (χ1n) is 8.56. The molecule has 28 heavy (non-hydrogen) atoms. The Morgan fingerprint density at radius 3 is 2.79 bits per heavy atom. The molecule has 1 atom stereocenters. The highest BCUT2D eigenvalue weighted by atomic mass is 32.2. The first-order chi connectivity index (χ1) is 13.2. The van der Waals surface area contributed by atoms with Gasteiger partial charge in [-0.25, -0.2) is 22.6 Å². The standard InChI is InChI=1S/C17H18FN3O6S/c18-11-2-1-3-12(8-11)19-15(22)9-27-17(24)14-4-5-16(23)21(20-14)13-6-7-28(25,26)10-13/h1-3,8,13H,4-7,9-10H2,(H,19,22)/t13-/m0/s1. The Hall–Kier alpha value is -2.82. The van der Waals surface area contributed by atoms with Gasteiger partial charge in [-0.15, -0.1) is 0 Å². The summed E-state index contributed by atoms with van der Waals surface area (Å²) in [6, 6.07) is 4.64. The second kappa shape index (κ2) is 8.05. The van der Waals surface area contributed by atoms with E-state index in [0.29, 0.717) is 0 Å². The summed E-state index contributed by atoms with van der Waals surface area (Å²) in [6.07, 6.45) is 0.301. The van der Waals surface area contributed by atoms with E-state index in [-0.39, 0.29) is 48.1 Å². The van der Waals surface area contributed by atoms with Crippen LogP contribution >= 0.6 is 0 Å². The Bertz CT molecular complexity index is 946. The van der Waals surface area contributed by atoms with Crippen LogP contribution in [-0.4, -0.2) is 61.1 Å². The molecule has 0 aromatic heterocycles. The van der Waals surface area contributed by atoms with Gasteiger partial charge in [-0.2, -0.15) is 5.10 Å². The minimum Gasteiger partial charge on any atom is -0.451 e. The van der Waals surface area contributed by atoms with Crippen molar-refractivity contribution in [2.24, 2.45) is 5.10 Å². The van der Waals surface area contributed by atoms with Gasteiger partial charge in [-0.3, -0.25) is 9.59 Å². The minimum atomic E-state index is -3.22. The van der Waals surface area contributed by atoms with Crippen molar-refractivity contribution in [3.8, 4) is 0 Å². The van der Waals surface area contributed by atoms with Gasteiger partial charge in [-0.1, -0.05) is 6.07 Å². The van der Waals surface area contributed by atoms with Gasteiger partial charge in [0.25, 0.3) is 5.91 Å². The zero-order valence-corrected chi connectivity index (χ0v) is 15.6. The van der Waals surface area contributed by atoms with E-state index < -0.39 is 40.2 Å². The van der Waals surface area contributed by atoms with Crippen LogP contribution in [0.15, 0.2) is 29.4 Å². The number of ether oxygens (including phenoxy) is 1. The van der Waals surface area contributed by atoms with Crippen LogP contribution in [0.2, 0.25) is 0 Å². The van der Waals surface area contributed by atoms with E-state index in [0.717, 1.165) is 11.1 Å². The number of nitrogens with zero attached hydrogens (tertiary/aromatic N) is 2. The molecular weight excluding hydrogens is 393 g/mol. The van der Waals surface area contributed by atoms with Crippen LogP contribution in [0.1, 0.15) is 19.3 Å². The molecule has 1 aromatic rings. The summed E-state index contributed by atoms with van der Waals surface area (Å²) in [5, 5.41) is 7.39. The third-order valence-electron chi connectivity index (χ3n) is 4.29. The molecule has 2 aliphatic rings. The smallest absolute Gasteiger partial charge is 0.355 e. The van der Waals surface area contributed by atoms with E-state index in [9.17, 15) is 27.2 Å². The molecule has 2 amide bonds.